The van der Waals surface area contributed by atoms with Crippen LogP contribution in [0.5, 0.6) is 0 Å². The molecule has 0 fully saturated rings. The van der Waals surface area contributed by atoms with Crippen molar-refractivity contribution >= 4 is 0 Å². The third-order valence-corrected chi connectivity index (χ3v) is 2.75. The Labute approximate surface area is 92.9 Å². The molecule has 1 aromatic rings. The van der Waals surface area contributed by atoms with Crippen molar-refractivity contribution in [2.75, 3.05) is 0 Å². The monoisotopic (exact) mass is 209 g/mol. The second kappa shape index (κ2) is 6.62. The largest absolute Gasteiger partial charge is 0.310 e. The highest BCUT2D eigenvalue weighted by atomic mass is 15.2. The number of rotatable bonds is 7. The number of unbranched alkanes of at least 4 members (excludes halogenated alkanes) is 1. The van der Waals surface area contributed by atoms with Gasteiger partial charge in [-0.05, 0) is 12.8 Å². The van der Waals surface area contributed by atoms with Crippen molar-refractivity contribution in [2.24, 2.45) is 7.05 Å². The summed E-state index contributed by atoms with van der Waals surface area (Å²) in [6.07, 6.45) is 9.09. The van der Waals surface area contributed by atoms with E-state index < -0.39 is 0 Å². The molecule has 0 spiro atoms. The average molecular weight is 209 g/mol. The van der Waals surface area contributed by atoms with E-state index in [1.807, 2.05) is 17.9 Å². The highest BCUT2D eigenvalue weighted by molar-refractivity contribution is 5.03. The van der Waals surface area contributed by atoms with Gasteiger partial charge in [0.25, 0.3) is 0 Å². The molecule has 3 heteroatoms. The Morgan fingerprint density at radius 3 is 2.80 bits per heavy atom. The van der Waals surface area contributed by atoms with Crippen LogP contribution in [0.25, 0.3) is 0 Å². The van der Waals surface area contributed by atoms with Crippen molar-refractivity contribution in [1.82, 2.24) is 15.1 Å². The van der Waals surface area contributed by atoms with Crippen molar-refractivity contribution in [3.63, 3.8) is 0 Å². The van der Waals surface area contributed by atoms with Crippen LogP contribution in [0, 0.1) is 0 Å². The van der Waals surface area contributed by atoms with Gasteiger partial charge in [-0.25, -0.2) is 0 Å². The molecule has 0 saturated carbocycles. The molecule has 1 heterocycles. The summed E-state index contributed by atoms with van der Waals surface area (Å²) in [5.74, 6) is 0. The van der Waals surface area contributed by atoms with E-state index in [0.717, 1.165) is 6.54 Å². The maximum atomic E-state index is 4.16. The molecule has 0 amide bonds. The van der Waals surface area contributed by atoms with Gasteiger partial charge in [-0.15, -0.1) is 0 Å². The van der Waals surface area contributed by atoms with Gasteiger partial charge < -0.3 is 5.32 Å². The van der Waals surface area contributed by atoms with Gasteiger partial charge in [0.2, 0.25) is 0 Å². The fourth-order valence-electron chi connectivity index (χ4n) is 1.73. The summed E-state index contributed by atoms with van der Waals surface area (Å²) in [4.78, 5) is 0. The van der Waals surface area contributed by atoms with Crippen molar-refractivity contribution in [3.05, 3.63) is 18.0 Å². The summed E-state index contributed by atoms with van der Waals surface area (Å²) in [5, 5.41) is 7.74. The van der Waals surface area contributed by atoms with Crippen LogP contribution in [0.1, 0.15) is 45.1 Å². The van der Waals surface area contributed by atoms with Crippen molar-refractivity contribution < 1.29 is 0 Å². The van der Waals surface area contributed by atoms with Crippen LogP contribution < -0.4 is 5.32 Å². The van der Waals surface area contributed by atoms with E-state index in [1.54, 1.807) is 0 Å². The lowest BCUT2D eigenvalue weighted by Crippen LogP contribution is -2.27. The maximum absolute atomic E-state index is 4.16. The molecule has 15 heavy (non-hydrogen) atoms. The van der Waals surface area contributed by atoms with Gasteiger partial charge in [-0.2, -0.15) is 5.10 Å². The minimum Gasteiger partial charge on any atom is -0.310 e. The molecular formula is C12H23N3. The molecule has 1 N–H and O–H groups in total. The van der Waals surface area contributed by atoms with Gasteiger partial charge in [0.05, 0.1) is 6.20 Å². The van der Waals surface area contributed by atoms with E-state index in [9.17, 15) is 0 Å². The summed E-state index contributed by atoms with van der Waals surface area (Å²) >= 11 is 0. The second-order valence-electron chi connectivity index (χ2n) is 4.15. The first-order valence-electron chi connectivity index (χ1n) is 5.97. The number of nitrogens with zero attached hydrogens (tertiary/aromatic N) is 2. The highest BCUT2D eigenvalue weighted by Crippen LogP contribution is 2.05. The molecule has 1 unspecified atom stereocenters. The molecule has 1 aromatic heterocycles. The minimum atomic E-state index is 0.658. The molecule has 0 aromatic carbocycles. The van der Waals surface area contributed by atoms with Crippen molar-refractivity contribution in [3.8, 4) is 0 Å². The Balaban J connectivity index is 2.27. The molecule has 0 radical (unpaired) electrons. The number of nitrogens with one attached hydrogen (secondary N) is 1. The molecule has 0 saturated heterocycles. The molecule has 0 aliphatic rings. The Bertz CT molecular complexity index is 268. The van der Waals surface area contributed by atoms with Crippen LogP contribution in [0.3, 0.4) is 0 Å². The van der Waals surface area contributed by atoms with E-state index >= 15 is 0 Å². The Kier molecular flexibility index (Phi) is 5.40. The average Bonchev–Trinajstić information content (AvgIpc) is 2.65. The first kappa shape index (κ1) is 12.2. The Hall–Kier alpha value is -0.830. The molecule has 0 aliphatic heterocycles. The zero-order chi connectivity index (χ0) is 11.1. The summed E-state index contributed by atoms with van der Waals surface area (Å²) in [5.41, 5.74) is 1.27. The number of hydrogen-bond acceptors (Lipinski definition) is 2. The first-order valence-corrected chi connectivity index (χ1v) is 5.97. The maximum Gasteiger partial charge on any atom is 0.0534 e. The van der Waals surface area contributed by atoms with Crippen LogP contribution in [0.2, 0.25) is 0 Å². The number of hydrogen-bond donors (Lipinski definition) is 1. The topological polar surface area (TPSA) is 29.9 Å². The zero-order valence-corrected chi connectivity index (χ0v) is 10.2. The third-order valence-electron chi connectivity index (χ3n) is 2.75. The third kappa shape index (κ3) is 4.47. The zero-order valence-electron chi connectivity index (χ0n) is 10.2. The van der Waals surface area contributed by atoms with E-state index in [1.165, 1.54) is 31.2 Å². The van der Waals surface area contributed by atoms with E-state index in [-0.39, 0.29) is 0 Å². The lowest BCUT2D eigenvalue weighted by atomic mass is 10.1. The van der Waals surface area contributed by atoms with Crippen molar-refractivity contribution in [1.29, 1.82) is 0 Å². The number of aromatic nitrogens is 2. The molecule has 0 bridgehead atoms. The Morgan fingerprint density at radius 2 is 2.27 bits per heavy atom. The van der Waals surface area contributed by atoms with E-state index in [2.05, 4.69) is 30.5 Å². The normalized spacial score (nSPS) is 13.0. The van der Waals surface area contributed by atoms with Crippen LogP contribution in [-0.4, -0.2) is 15.8 Å². The fourth-order valence-corrected chi connectivity index (χ4v) is 1.73. The Morgan fingerprint density at radius 1 is 1.47 bits per heavy atom. The van der Waals surface area contributed by atoms with E-state index in [4.69, 9.17) is 0 Å². The standard InChI is InChI=1S/C12H23N3/c1-4-6-7-12(5-2)13-8-11-9-14-15(3)10-11/h9-10,12-13H,4-8H2,1-3H3. The predicted molar refractivity (Wildman–Crippen MR) is 63.7 cm³/mol. The highest BCUT2D eigenvalue weighted by Gasteiger charge is 2.05. The molecule has 0 aliphatic carbocycles. The minimum absolute atomic E-state index is 0.658. The predicted octanol–water partition coefficient (Wildman–Crippen LogP) is 2.48. The second-order valence-corrected chi connectivity index (χ2v) is 4.15. The van der Waals surface area contributed by atoms with Gasteiger partial charge >= 0.3 is 0 Å². The molecule has 86 valence electrons. The van der Waals surface area contributed by atoms with Gasteiger partial charge in [-0.3, -0.25) is 4.68 Å². The molecule has 1 rings (SSSR count). The summed E-state index contributed by atoms with van der Waals surface area (Å²) < 4.78 is 1.85. The molecule has 3 nitrogen and oxygen atoms in total. The smallest absolute Gasteiger partial charge is 0.0534 e. The van der Waals surface area contributed by atoms with Crippen LogP contribution >= 0.6 is 0 Å². The summed E-state index contributed by atoms with van der Waals surface area (Å²) in [6, 6.07) is 0.658. The summed E-state index contributed by atoms with van der Waals surface area (Å²) in [6.45, 7) is 5.43. The van der Waals surface area contributed by atoms with E-state index in [0.29, 0.717) is 6.04 Å². The van der Waals surface area contributed by atoms with Crippen LogP contribution in [-0.2, 0) is 13.6 Å². The quantitative estimate of drug-likeness (QED) is 0.747. The van der Waals surface area contributed by atoms with Gasteiger partial charge in [0.1, 0.15) is 0 Å². The van der Waals surface area contributed by atoms with Gasteiger partial charge in [-0.1, -0.05) is 26.7 Å². The lowest BCUT2D eigenvalue weighted by molar-refractivity contribution is 0.452. The van der Waals surface area contributed by atoms with Crippen LogP contribution in [0.15, 0.2) is 12.4 Å². The summed E-state index contributed by atoms with van der Waals surface area (Å²) in [7, 11) is 1.96. The van der Waals surface area contributed by atoms with Crippen molar-refractivity contribution in [2.45, 2.75) is 52.1 Å². The molecule has 1 atom stereocenters. The number of aryl methyl sites for hydroxylation is 1. The van der Waals surface area contributed by atoms with Crippen LogP contribution in [0.4, 0.5) is 0 Å². The first-order chi connectivity index (χ1) is 7.26. The fraction of sp³-hybridized carbons (Fsp3) is 0.750. The molecular weight excluding hydrogens is 186 g/mol. The lowest BCUT2D eigenvalue weighted by Gasteiger charge is -2.15. The van der Waals surface area contributed by atoms with Gasteiger partial charge in [0, 0.05) is 31.4 Å². The SMILES string of the molecule is CCCCC(CC)NCc1cnn(C)c1. The van der Waals surface area contributed by atoms with Gasteiger partial charge in [0.15, 0.2) is 0 Å².